The molecule has 1 aliphatic rings. The lowest BCUT2D eigenvalue weighted by Gasteiger charge is -2.19. The summed E-state index contributed by atoms with van der Waals surface area (Å²) in [6, 6.07) is 4.89. The fraction of sp³-hybridized carbons (Fsp3) is 0.545. The topological polar surface area (TPSA) is 110 Å². The molecule has 3 rings (SSSR count). The summed E-state index contributed by atoms with van der Waals surface area (Å²) in [5.74, 6) is 0.988. The zero-order chi connectivity index (χ0) is 22.8. The molecule has 9 nitrogen and oxygen atoms in total. The Hall–Kier alpha value is -2.59. The molecule has 0 spiro atoms. The number of carbonyl (C=O) groups is 2. The fourth-order valence-electron chi connectivity index (χ4n) is 3.39. The van der Waals surface area contributed by atoms with Crippen molar-refractivity contribution in [3.8, 4) is 5.75 Å². The predicted molar refractivity (Wildman–Crippen MR) is 125 cm³/mol. The van der Waals surface area contributed by atoms with Gasteiger partial charge in [0.05, 0.1) is 12.3 Å². The molecule has 2 heterocycles. The van der Waals surface area contributed by atoms with Gasteiger partial charge in [-0.25, -0.2) is 0 Å². The first-order valence-electron chi connectivity index (χ1n) is 11.0. The molecule has 32 heavy (non-hydrogen) atoms. The van der Waals surface area contributed by atoms with Crippen LogP contribution in [0, 0.1) is 6.92 Å². The lowest BCUT2D eigenvalue weighted by molar-refractivity contribution is -0.123. The third kappa shape index (κ3) is 7.23. The van der Waals surface area contributed by atoms with E-state index >= 15 is 0 Å². The lowest BCUT2D eigenvalue weighted by Crippen LogP contribution is -2.47. The van der Waals surface area contributed by atoms with E-state index in [1.165, 1.54) is 0 Å². The average molecular weight is 461 g/mol. The van der Waals surface area contributed by atoms with E-state index in [1.807, 2.05) is 36.2 Å². The minimum Gasteiger partial charge on any atom is -0.494 e. The molecule has 1 atom stereocenters. The van der Waals surface area contributed by atoms with Gasteiger partial charge in [0.1, 0.15) is 11.8 Å². The number of aromatic nitrogens is 3. The molecule has 0 saturated carbocycles. The summed E-state index contributed by atoms with van der Waals surface area (Å²) in [7, 11) is 0. The minimum atomic E-state index is -0.576. The fourth-order valence-corrected chi connectivity index (χ4v) is 3.86. The van der Waals surface area contributed by atoms with Crippen LogP contribution in [0.5, 0.6) is 5.75 Å². The smallest absolute Gasteiger partial charge is 0.252 e. The first kappa shape index (κ1) is 24.1. The third-order valence-corrected chi connectivity index (χ3v) is 5.85. The Balaban J connectivity index is 1.74. The van der Waals surface area contributed by atoms with Gasteiger partial charge in [-0.3, -0.25) is 14.3 Å². The van der Waals surface area contributed by atoms with Gasteiger partial charge in [0, 0.05) is 37.8 Å². The molecule has 0 radical (unpaired) electrons. The van der Waals surface area contributed by atoms with Crippen LogP contribution >= 0.6 is 11.8 Å². The number of amides is 2. The number of rotatable bonds is 3. The Morgan fingerprint density at radius 1 is 1.25 bits per heavy atom. The predicted octanol–water partition coefficient (Wildman–Crippen LogP) is 1.52. The van der Waals surface area contributed by atoms with Gasteiger partial charge >= 0.3 is 0 Å². The van der Waals surface area contributed by atoms with Gasteiger partial charge in [0.15, 0.2) is 0 Å². The second kappa shape index (κ2) is 12.4. The van der Waals surface area contributed by atoms with Crippen LogP contribution in [-0.4, -0.2) is 64.6 Å². The summed E-state index contributed by atoms with van der Waals surface area (Å²) in [4.78, 5) is 25.7. The molecular formula is C22H32N6O3S. The number of aryl methyl sites for hydroxylation is 2. The number of nitrogens with one attached hydrogen (secondary N) is 3. The average Bonchev–Trinajstić information content (AvgIpc) is 3.24. The van der Waals surface area contributed by atoms with Gasteiger partial charge < -0.3 is 20.7 Å². The number of nitrogens with zero attached hydrogens (tertiary/aromatic N) is 3. The second-order valence-electron chi connectivity index (χ2n) is 7.78. The maximum Gasteiger partial charge on any atom is 0.252 e. The first-order valence-corrected chi connectivity index (χ1v) is 12.4. The molecule has 0 aliphatic carbocycles. The minimum absolute atomic E-state index is 0.158. The first-order chi connectivity index (χ1) is 15.6. The van der Waals surface area contributed by atoms with Crippen LogP contribution in [0.1, 0.15) is 40.9 Å². The van der Waals surface area contributed by atoms with E-state index in [1.54, 1.807) is 17.8 Å². The molecule has 2 amide bonds. The van der Waals surface area contributed by atoms with Crippen LogP contribution in [0.25, 0.3) is 0 Å². The van der Waals surface area contributed by atoms with E-state index in [2.05, 4.69) is 26.3 Å². The highest BCUT2D eigenvalue weighted by molar-refractivity contribution is 7.98. The number of hydrogen-bond acceptors (Lipinski definition) is 7. The Bertz CT molecular complexity index is 904. The van der Waals surface area contributed by atoms with Crippen LogP contribution in [0.4, 0.5) is 0 Å². The van der Waals surface area contributed by atoms with Crippen molar-refractivity contribution in [1.82, 2.24) is 30.9 Å². The van der Waals surface area contributed by atoms with Gasteiger partial charge in [0.25, 0.3) is 5.91 Å². The van der Waals surface area contributed by atoms with Crippen molar-refractivity contribution in [1.29, 1.82) is 0 Å². The molecule has 0 saturated heterocycles. The summed E-state index contributed by atoms with van der Waals surface area (Å²) in [5, 5.41) is 17.5. The molecule has 174 valence electrons. The Morgan fingerprint density at radius 2 is 2.12 bits per heavy atom. The Morgan fingerprint density at radius 3 is 2.97 bits per heavy atom. The largest absolute Gasteiger partial charge is 0.494 e. The Kier molecular flexibility index (Phi) is 9.36. The van der Waals surface area contributed by atoms with E-state index in [9.17, 15) is 9.59 Å². The number of thioether (sulfide) groups is 1. The highest BCUT2D eigenvalue weighted by atomic mass is 32.2. The standard InChI is InChI=1S/C22H32N6O3S/c1-16-5-6-18-13-19(16)21(29)25-20(7-12-32-2)22(30)24-9-3-8-23-14-17-15-28(27-26-17)10-4-11-31-18/h5-6,13,15,20,23H,3-4,7-12,14H2,1-2H3,(H,24,30)(H,25,29)/t20-/m0/s1. The van der Waals surface area contributed by atoms with Crippen LogP contribution in [-0.2, 0) is 17.9 Å². The van der Waals surface area contributed by atoms with E-state index in [0.717, 1.165) is 36.4 Å². The zero-order valence-electron chi connectivity index (χ0n) is 18.7. The van der Waals surface area contributed by atoms with Crippen molar-refractivity contribution in [2.24, 2.45) is 0 Å². The summed E-state index contributed by atoms with van der Waals surface area (Å²) in [6.07, 6.45) is 6.03. The Labute approximate surface area is 193 Å². The molecule has 1 aliphatic heterocycles. The number of ether oxygens (including phenoxy) is 1. The van der Waals surface area contributed by atoms with Gasteiger partial charge in [-0.1, -0.05) is 11.3 Å². The molecule has 1 aromatic carbocycles. The van der Waals surface area contributed by atoms with Crippen molar-refractivity contribution in [2.45, 2.75) is 45.3 Å². The maximum atomic E-state index is 13.0. The van der Waals surface area contributed by atoms with Crippen LogP contribution in [0.15, 0.2) is 24.4 Å². The van der Waals surface area contributed by atoms with Gasteiger partial charge in [0.2, 0.25) is 5.91 Å². The van der Waals surface area contributed by atoms with Crippen molar-refractivity contribution in [3.05, 3.63) is 41.2 Å². The van der Waals surface area contributed by atoms with Crippen molar-refractivity contribution < 1.29 is 14.3 Å². The summed E-state index contributed by atoms with van der Waals surface area (Å²) < 4.78 is 7.66. The molecule has 3 N–H and O–H groups in total. The molecule has 10 heteroatoms. The maximum absolute atomic E-state index is 13.0. The van der Waals surface area contributed by atoms with Crippen molar-refractivity contribution >= 4 is 23.6 Å². The summed E-state index contributed by atoms with van der Waals surface area (Å²) in [6.45, 7) is 4.99. The van der Waals surface area contributed by atoms with Crippen LogP contribution in [0.3, 0.4) is 0 Å². The number of fused-ring (bicyclic) bond motifs is 4. The quantitative estimate of drug-likeness (QED) is 0.637. The molecule has 0 fully saturated rings. The van der Waals surface area contributed by atoms with Crippen molar-refractivity contribution in [2.75, 3.05) is 31.7 Å². The van der Waals surface area contributed by atoms with E-state index in [-0.39, 0.29) is 11.8 Å². The van der Waals surface area contributed by atoms with Crippen LogP contribution in [0.2, 0.25) is 0 Å². The van der Waals surface area contributed by atoms with E-state index < -0.39 is 6.04 Å². The molecule has 4 bridgehead atoms. The van der Waals surface area contributed by atoms with Gasteiger partial charge in [-0.05, 0) is 56.0 Å². The monoisotopic (exact) mass is 460 g/mol. The highest BCUT2D eigenvalue weighted by Gasteiger charge is 2.22. The summed E-state index contributed by atoms with van der Waals surface area (Å²) >= 11 is 1.65. The number of benzene rings is 1. The normalized spacial score (nSPS) is 18.9. The summed E-state index contributed by atoms with van der Waals surface area (Å²) in [5.41, 5.74) is 2.23. The van der Waals surface area contributed by atoms with E-state index in [0.29, 0.717) is 44.0 Å². The molecule has 1 aromatic heterocycles. The second-order valence-corrected chi connectivity index (χ2v) is 8.77. The van der Waals surface area contributed by atoms with E-state index in [4.69, 9.17) is 4.74 Å². The number of carbonyl (C=O) groups excluding carboxylic acids is 2. The molecule has 2 aromatic rings. The van der Waals surface area contributed by atoms with Gasteiger partial charge in [-0.2, -0.15) is 11.8 Å². The molecular weight excluding hydrogens is 428 g/mol. The SMILES string of the molecule is CSCC[C@@H]1NC(=O)c2cc(ccc2C)OCCCn2cc(nn2)CNCCCNC1=O. The van der Waals surface area contributed by atoms with Crippen molar-refractivity contribution in [3.63, 3.8) is 0 Å². The lowest BCUT2D eigenvalue weighted by atomic mass is 10.1. The number of hydrogen-bond donors (Lipinski definition) is 3. The van der Waals surface area contributed by atoms with Crippen LogP contribution < -0.4 is 20.7 Å². The zero-order valence-corrected chi connectivity index (χ0v) is 19.5. The molecule has 0 unspecified atom stereocenters. The highest BCUT2D eigenvalue weighted by Crippen LogP contribution is 2.18. The van der Waals surface area contributed by atoms with Gasteiger partial charge in [-0.15, -0.1) is 5.10 Å². The third-order valence-electron chi connectivity index (χ3n) is 5.21.